The van der Waals surface area contributed by atoms with Crippen LogP contribution in [0.15, 0.2) is 24.3 Å². The van der Waals surface area contributed by atoms with Crippen molar-refractivity contribution in [2.75, 3.05) is 7.11 Å². The van der Waals surface area contributed by atoms with Crippen LogP contribution < -0.4 is 21.1 Å². The van der Waals surface area contributed by atoms with Crippen molar-refractivity contribution in [2.24, 2.45) is 0 Å². The van der Waals surface area contributed by atoms with Gasteiger partial charge in [0.15, 0.2) is 58.1 Å². The molecule has 0 unspecified atom stereocenters. The van der Waals surface area contributed by atoms with Crippen molar-refractivity contribution < 1.29 is 48.6 Å². The van der Waals surface area contributed by atoms with E-state index in [0.717, 1.165) is 7.11 Å². The molecule has 0 aromatic heterocycles. The lowest BCUT2D eigenvalue weighted by atomic mass is 9.36. The van der Waals surface area contributed by atoms with Crippen LogP contribution in [0.2, 0.25) is 0 Å². The molecule has 0 saturated carbocycles. The smallest absolute Gasteiger partial charge is 0.264 e. The lowest BCUT2D eigenvalue weighted by molar-refractivity contribution is 0.386. The fraction of sp³-hybridized carbons (Fsp3) is 0.0526. The quantitative estimate of drug-likeness (QED) is 0.334. The molecule has 0 spiro atoms. The van der Waals surface area contributed by atoms with Gasteiger partial charge >= 0.3 is 0 Å². The summed E-state index contributed by atoms with van der Waals surface area (Å²) in [4.78, 5) is 0. The molecule has 0 amide bonds. The van der Waals surface area contributed by atoms with Crippen molar-refractivity contribution in [2.45, 2.75) is 0 Å². The van der Waals surface area contributed by atoms with Crippen LogP contribution in [0.5, 0.6) is 5.75 Å². The van der Waals surface area contributed by atoms with Crippen LogP contribution in [0.4, 0.5) is 43.9 Å². The summed E-state index contributed by atoms with van der Waals surface area (Å²) in [6, 6.07) is 0.578. The molecule has 31 heavy (non-hydrogen) atoms. The van der Waals surface area contributed by atoms with Gasteiger partial charge in [0, 0.05) is 28.5 Å². The Morgan fingerprint density at radius 3 is 1.26 bits per heavy atom. The zero-order chi connectivity index (χ0) is 23.2. The number of ether oxygens (including phenoxy) is 1. The minimum atomic E-state index is -3.04. The predicted octanol–water partition coefficient (Wildman–Crippen LogP) is 3.60. The van der Waals surface area contributed by atoms with Gasteiger partial charge in [0.1, 0.15) is 5.82 Å². The molecule has 0 bridgehead atoms. The Morgan fingerprint density at radius 2 is 0.903 bits per heavy atom. The third-order valence-electron chi connectivity index (χ3n) is 4.47. The Kier molecular flexibility index (Phi) is 5.92. The zero-order valence-electron chi connectivity index (χ0n) is 15.1. The summed E-state index contributed by atoms with van der Waals surface area (Å²) in [5.41, 5.74) is -5.43. The van der Waals surface area contributed by atoms with E-state index in [0.29, 0.717) is 12.1 Å². The van der Waals surface area contributed by atoms with Crippen LogP contribution in [0.25, 0.3) is 0 Å². The van der Waals surface area contributed by atoms with Gasteiger partial charge in [0.2, 0.25) is 0 Å². The predicted molar refractivity (Wildman–Crippen MR) is 90.1 cm³/mol. The molecule has 0 aliphatic carbocycles. The Bertz CT molecular complexity index is 1080. The van der Waals surface area contributed by atoms with Crippen molar-refractivity contribution in [3.63, 3.8) is 0 Å². The first-order valence-corrected chi connectivity index (χ1v) is 8.18. The standard InChI is InChI=1S/C19H7BF10O/c1-31-11-3-2-6(21)12(19(11)30)20(13-15(26)7(22)4-8(23)16(13)27)14-17(28)9(24)5-10(25)18(14)29/h2-5H,1H3. The van der Waals surface area contributed by atoms with E-state index in [4.69, 9.17) is 0 Å². The van der Waals surface area contributed by atoms with Gasteiger partial charge in [-0.2, -0.15) is 0 Å². The molecule has 0 heterocycles. The van der Waals surface area contributed by atoms with E-state index in [1.807, 2.05) is 0 Å². The van der Waals surface area contributed by atoms with E-state index < -0.39 is 87.0 Å². The summed E-state index contributed by atoms with van der Waals surface area (Å²) < 4.78 is 147. The largest absolute Gasteiger partial charge is 0.494 e. The number of rotatable bonds is 4. The molecule has 0 radical (unpaired) electrons. The molecule has 3 rings (SSSR count). The van der Waals surface area contributed by atoms with E-state index in [1.165, 1.54) is 0 Å². The summed E-state index contributed by atoms with van der Waals surface area (Å²) in [5, 5.41) is 0. The van der Waals surface area contributed by atoms with Crippen LogP contribution in [0, 0.1) is 58.2 Å². The second kappa shape index (κ2) is 8.16. The molecule has 162 valence electrons. The minimum absolute atomic E-state index is 0.275. The van der Waals surface area contributed by atoms with Crippen LogP contribution >= 0.6 is 0 Å². The molecule has 12 heteroatoms. The molecule has 0 N–H and O–H groups in total. The summed E-state index contributed by atoms with van der Waals surface area (Å²) in [6.07, 6.45) is 0. The third kappa shape index (κ3) is 3.59. The molecule has 0 atom stereocenters. The zero-order valence-corrected chi connectivity index (χ0v) is 15.1. The number of hydrogen-bond acceptors (Lipinski definition) is 1. The molecule has 3 aromatic rings. The first-order valence-electron chi connectivity index (χ1n) is 8.18. The van der Waals surface area contributed by atoms with E-state index in [2.05, 4.69) is 4.74 Å². The van der Waals surface area contributed by atoms with Crippen LogP contribution in [-0.4, -0.2) is 13.8 Å². The van der Waals surface area contributed by atoms with Gasteiger partial charge in [-0.3, -0.25) is 0 Å². The highest BCUT2D eigenvalue weighted by Crippen LogP contribution is 2.21. The van der Waals surface area contributed by atoms with Crippen molar-refractivity contribution >= 4 is 23.1 Å². The molecule has 1 nitrogen and oxygen atoms in total. The summed E-state index contributed by atoms with van der Waals surface area (Å²) in [7, 11) is 0.876. The Hall–Kier alpha value is -3.18. The monoisotopic (exact) mass is 452 g/mol. The van der Waals surface area contributed by atoms with Crippen molar-refractivity contribution in [1.29, 1.82) is 0 Å². The minimum Gasteiger partial charge on any atom is -0.494 e. The van der Waals surface area contributed by atoms with Gasteiger partial charge in [-0.05, 0) is 12.1 Å². The highest BCUT2D eigenvalue weighted by atomic mass is 19.2. The fourth-order valence-corrected chi connectivity index (χ4v) is 3.09. The molecule has 0 aliphatic rings. The molecule has 3 aromatic carbocycles. The van der Waals surface area contributed by atoms with Gasteiger partial charge in [-0.1, -0.05) is 0 Å². The van der Waals surface area contributed by atoms with Gasteiger partial charge in [0.25, 0.3) is 6.71 Å². The number of halogens is 10. The summed E-state index contributed by atoms with van der Waals surface area (Å²) >= 11 is 0. The third-order valence-corrected chi connectivity index (χ3v) is 4.47. The van der Waals surface area contributed by atoms with Crippen molar-refractivity contribution in [3.05, 3.63) is 82.4 Å². The highest BCUT2D eigenvalue weighted by molar-refractivity contribution is 6.95. The lowest BCUT2D eigenvalue weighted by Crippen LogP contribution is -2.59. The summed E-state index contributed by atoms with van der Waals surface area (Å²) in [6.45, 7) is -3.04. The average molecular weight is 452 g/mol. The number of hydrogen-bond donors (Lipinski definition) is 0. The van der Waals surface area contributed by atoms with Crippen LogP contribution in [0.1, 0.15) is 0 Å². The van der Waals surface area contributed by atoms with Crippen LogP contribution in [-0.2, 0) is 0 Å². The molecule has 0 saturated heterocycles. The van der Waals surface area contributed by atoms with E-state index >= 15 is 0 Å². The molecule has 0 aliphatic heterocycles. The van der Waals surface area contributed by atoms with Gasteiger partial charge in [-0.15, -0.1) is 0 Å². The second-order valence-electron chi connectivity index (χ2n) is 6.17. The Balaban J connectivity index is 2.58. The maximum Gasteiger partial charge on any atom is 0.264 e. The van der Waals surface area contributed by atoms with Gasteiger partial charge in [0.05, 0.1) is 7.11 Å². The first kappa shape index (κ1) is 22.5. The normalized spacial score (nSPS) is 11.1. The lowest BCUT2D eigenvalue weighted by Gasteiger charge is -2.21. The van der Waals surface area contributed by atoms with Gasteiger partial charge < -0.3 is 4.74 Å². The molecular weight excluding hydrogens is 445 g/mol. The van der Waals surface area contributed by atoms with Crippen LogP contribution in [0.3, 0.4) is 0 Å². The average Bonchev–Trinajstić information content (AvgIpc) is 2.71. The SMILES string of the molecule is COc1ccc(F)c(B(c2c(F)c(F)cc(F)c2F)c2c(F)c(F)cc(F)c2F)c1F. The molecule has 0 fully saturated rings. The van der Waals surface area contributed by atoms with Gasteiger partial charge in [-0.25, -0.2) is 43.9 Å². The fourth-order valence-electron chi connectivity index (χ4n) is 3.09. The first-order chi connectivity index (χ1) is 14.5. The van der Waals surface area contributed by atoms with E-state index in [9.17, 15) is 43.9 Å². The van der Waals surface area contributed by atoms with E-state index in [-0.39, 0.29) is 12.1 Å². The maximum absolute atomic E-state index is 14.9. The topological polar surface area (TPSA) is 9.23 Å². The van der Waals surface area contributed by atoms with E-state index in [1.54, 1.807) is 0 Å². The Labute approximate surface area is 168 Å². The number of benzene rings is 3. The Morgan fingerprint density at radius 1 is 0.516 bits per heavy atom. The highest BCUT2D eigenvalue weighted by Gasteiger charge is 2.41. The number of methoxy groups -OCH3 is 1. The summed E-state index contributed by atoms with van der Waals surface area (Å²) in [5.74, 6) is -21.9. The van der Waals surface area contributed by atoms with Crippen molar-refractivity contribution in [1.82, 2.24) is 0 Å². The maximum atomic E-state index is 14.9. The van der Waals surface area contributed by atoms with Crippen molar-refractivity contribution in [3.8, 4) is 5.75 Å². The molecular formula is C19H7BF10O. The second-order valence-corrected chi connectivity index (χ2v) is 6.17.